The Balaban J connectivity index is 4.87. The van der Waals surface area contributed by atoms with E-state index >= 15 is 0 Å². The fraction of sp³-hybridized carbons (Fsp3) is 1.00. The maximum Gasteiger partial charge on any atom is 0.331 e. The maximum atomic E-state index is 9.02. The summed E-state index contributed by atoms with van der Waals surface area (Å²) >= 11 is 0. The molecule has 8 heteroatoms. The number of ether oxygens (including phenoxy) is 2. The number of rotatable bonds is 9. The summed E-state index contributed by atoms with van der Waals surface area (Å²) < 4.78 is 21.2. The second kappa shape index (κ2) is 7.76. The first kappa shape index (κ1) is 17.4. The average molecular weight is 286 g/mol. The molecule has 0 heterocycles. The van der Waals surface area contributed by atoms with Gasteiger partial charge in [0.05, 0.1) is 12.0 Å². The lowest BCUT2D eigenvalue weighted by Gasteiger charge is -2.38. The maximum absolute atomic E-state index is 9.02. The van der Waals surface area contributed by atoms with Crippen molar-refractivity contribution in [3.63, 3.8) is 0 Å². The molecule has 0 aliphatic carbocycles. The van der Waals surface area contributed by atoms with Gasteiger partial charge in [-0.15, -0.1) is 0 Å². The van der Waals surface area contributed by atoms with Gasteiger partial charge in [0.1, 0.15) is 10.5 Å². The molecule has 0 bridgehead atoms. The van der Waals surface area contributed by atoms with Gasteiger partial charge in [0, 0.05) is 13.2 Å². The molecule has 0 amide bonds. The molecule has 0 aromatic heterocycles. The second-order valence-corrected chi connectivity index (χ2v) is 5.13. The molecule has 6 nitrogen and oxygen atoms in total. The smallest absolute Gasteiger partial charge is 0.331 e. The highest BCUT2D eigenvalue weighted by Crippen LogP contribution is 2.39. The van der Waals surface area contributed by atoms with Crippen LogP contribution in [0.25, 0.3) is 0 Å². The highest BCUT2D eigenvalue weighted by molar-refractivity contribution is 7.39. The van der Waals surface area contributed by atoms with E-state index in [9.17, 15) is 0 Å². The monoisotopic (exact) mass is 286 g/mol. The Morgan fingerprint density at radius 1 is 1.12 bits per heavy atom. The van der Waals surface area contributed by atoms with Crippen LogP contribution in [0.5, 0.6) is 0 Å². The summed E-state index contributed by atoms with van der Waals surface area (Å²) in [5, 5.41) is 0. The molecule has 0 spiro atoms. The molecule has 0 unspecified atom stereocenters. The van der Waals surface area contributed by atoms with Crippen molar-refractivity contribution in [2.75, 3.05) is 13.2 Å². The lowest BCUT2D eigenvalue weighted by atomic mass is 10.0. The molecular weight excluding hydrogens is 263 g/mol. The number of hydrogen-bond acceptors (Lipinski definition) is 6. The van der Waals surface area contributed by atoms with Crippen molar-refractivity contribution in [2.24, 2.45) is 0 Å². The molecule has 0 aliphatic rings. The minimum absolute atomic E-state index is 0.255. The van der Waals surface area contributed by atoms with Gasteiger partial charge in [0.25, 0.3) is 5.97 Å². The van der Waals surface area contributed by atoms with Crippen LogP contribution in [0.3, 0.4) is 0 Å². The fourth-order valence-electron chi connectivity index (χ4n) is 1.39. The van der Waals surface area contributed by atoms with E-state index in [0.29, 0.717) is 23.7 Å². The average Bonchev–Trinajstić information content (AvgIpc) is 2.16. The van der Waals surface area contributed by atoms with Gasteiger partial charge >= 0.3 is 8.60 Å². The molecule has 17 heavy (non-hydrogen) atoms. The fourth-order valence-corrected chi connectivity index (χ4v) is 1.95. The van der Waals surface area contributed by atoms with Crippen molar-refractivity contribution in [3.8, 4) is 0 Å². The summed E-state index contributed by atoms with van der Waals surface area (Å²) in [6.07, 6.45) is 0.255. The molecule has 2 N–H and O–H groups in total. The minimum atomic E-state index is -2.56. The molecule has 0 atom stereocenters. The van der Waals surface area contributed by atoms with Crippen LogP contribution in [0.15, 0.2) is 0 Å². The minimum Gasteiger partial charge on any atom is -0.423 e. The molecule has 0 fully saturated rings. The van der Waals surface area contributed by atoms with Crippen molar-refractivity contribution in [3.05, 3.63) is 0 Å². The van der Waals surface area contributed by atoms with E-state index in [1.54, 1.807) is 13.8 Å². The summed E-state index contributed by atoms with van der Waals surface area (Å²) in [5.74, 6) is -1.47. The van der Waals surface area contributed by atoms with Gasteiger partial charge < -0.3 is 23.7 Å². The third-order valence-electron chi connectivity index (χ3n) is 2.14. The van der Waals surface area contributed by atoms with Crippen molar-refractivity contribution < 1.29 is 28.2 Å². The molecule has 0 rings (SSSR count). The molecular formula is C9H23O6PSi. The second-order valence-electron chi connectivity index (χ2n) is 4.03. The van der Waals surface area contributed by atoms with Crippen LogP contribution in [0.1, 0.15) is 34.1 Å². The first-order valence-electron chi connectivity index (χ1n) is 5.51. The highest BCUT2D eigenvalue weighted by Gasteiger charge is 2.41. The predicted octanol–water partition coefficient (Wildman–Crippen LogP) is 0.407. The van der Waals surface area contributed by atoms with E-state index in [0.717, 1.165) is 0 Å². The van der Waals surface area contributed by atoms with E-state index in [-0.39, 0.29) is 6.42 Å². The summed E-state index contributed by atoms with van der Waals surface area (Å²) in [5.41, 5.74) is -0.512. The van der Waals surface area contributed by atoms with Crippen LogP contribution < -0.4 is 0 Å². The standard InChI is InChI=1S/C9H23O6PSi/c1-5-12-9(13-6-2,14-16(10)11)7-8(3,4)15-17/h10-11H,5-7H2,1-4,17H3. The first-order chi connectivity index (χ1) is 7.81. The van der Waals surface area contributed by atoms with Gasteiger partial charge in [-0.1, -0.05) is 0 Å². The van der Waals surface area contributed by atoms with Crippen LogP contribution >= 0.6 is 8.60 Å². The van der Waals surface area contributed by atoms with E-state index in [2.05, 4.69) is 0 Å². The molecule has 0 aromatic carbocycles. The molecule has 0 aromatic rings. The Labute approximate surface area is 107 Å². The number of hydrogen-bond donors (Lipinski definition) is 2. The zero-order chi connectivity index (χ0) is 13.5. The largest absolute Gasteiger partial charge is 0.423 e. The SMILES string of the molecule is CCOC(CC(C)(C)O[SiH3])(OCC)OP(O)O. The van der Waals surface area contributed by atoms with Gasteiger partial charge in [-0.2, -0.15) is 0 Å². The van der Waals surface area contributed by atoms with Crippen molar-refractivity contribution in [2.45, 2.75) is 45.7 Å². The van der Waals surface area contributed by atoms with Crippen LogP contribution in [0.2, 0.25) is 0 Å². The Morgan fingerprint density at radius 2 is 1.59 bits per heavy atom. The van der Waals surface area contributed by atoms with Crippen molar-refractivity contribution >= 4 is 19.1 Å². The molecule has 0 saturated carbocycles. The van der Waals surface area contributed by atoms with Crippen LogP contribution in [0.4, 0.5) is 0 Å². The predicted molar refractivity (Wildman–Crippen MR) is 68.1 cm³/mol. The van der Waals surface area contributed by atoms with E-state index in [4.69, 9.17) is 28.2 Å². The third kappa shape index (κ3) is 6.78. The van der Waals surface area contributed by atoms with Gasteiger partial charge in [-0.05, 0) is 27.7 Å². The Hall–Kier alpha value is 0.407. The van der Waals surface area contributed by atoms with E-state index < -0.39 is 20.2 Å². The van der Waals surface area contributed by atoms with Gasteiger partial charge in [0.2, 0.25) is 0 Å². The Morgan fingerprint density at radius 3 is 1.88 bits per heavy atom. The molecule has 0 saturated heterocycles. The van der Waals surface area contributed by atoms with Gasteiger partial charge in [-0.25, -0.2) is 0 Å². The van der Waals surface area contributed by atoms with Crippen molar-refractivity contribution in [1.82, 2.24) is 0 Å². The van der Waals surface area contributed by atoms with Gasteiger partial charge in [0.15, 0.2) is 0 Å². The lowest BCUT2D eigenvalue weighted by molar-refractivity contribution is -0.356. The Bertz CT molecular complexity index is 208. The molecule has 0 aliphatic heterocycles. The van der Waals surface area contributed by atoms with Crippen molar-refractivity contribution in [1.29, 1.82) is 0 Å². The van der Waals surface area contributed by atoms with E-state index in [1.165, 1.54) is 0 Å². The summed E-state index contributed by atoms with van der Waals surface area (Å²) in [4.78, 5) is 18.0. The summed E-state index contributed by atoms with van der Waals surface area (Å²) in [6, 6.07) is 0. The lowest BCUT2D eigenvalue weighted by Crippen LogP contribution is -2.45. The van der Waals surface area contributed by atoms with E-state index in [1.807, 2.05) is 13.8 Å². The van der Waals surface area contributed by atoms with Crippen LogP contribution in [0, 0.1) is 0 Å². The first-order valence-corrected chi connectivity index (χ1v) is 7.49. The van der Waals surface area contributed by atoms with Crippen LogP contribution in [-0.2, 0) is 18.4 Å². The van der Waals surface area contributed by atoms with Crippen LogP contribution in [-0.4, -0.2) is 45.1 Å². The Kier molecular flexibility index (Phi) is 7.94. The highest BCUT2D eigenvalue weighted by atomic mass is 31.2. The normalized spacial score (nSPS) is 13.6. The summed E-state index contributed by atoms with van der Waals surface area (Å²) in [6.45, 7) is 7.96. The zero-order valence-corrected chi connectivity index (χ0v) is 14.0. The van der Waals surface area contributed by atoms with Gasteiger partial charge in [-0.3, -0.25) is 4.52 Å². The third-order valence-corrected chi connectivity index (χ3v) is 3.69. The topological polar surface area (TPSA) is 77.4 Å². The molecule has 104 valence electrons. The molecule has 0 radical (unpaired) electrons. The zero-order valence-electron chi connectivity index (χ0n) is 11.1. The quantitative estimate of drug-likeness (QED) is 0.363. The summed E-state index contributed by atoms with van der Waals surface area (Å²) in [7, 11) is -2.00.